The largest absolute Gasteiger partial charge is 0.461 e. The number of hydrogen-bond acceptors (Lipinski definition) is 7. The molecule has 1 aliphatic carbocycles. The molecular weight excluding hydrogens is 584 g/mol. The van der Waals surface area contributed by atoms with E-state index in [0.717, 1.165) is 44.2 Å². The van der Waals surface area contributed by atoms with E-state index in [0.29, 0.717) is 71.9 Å². The van der Waals surface area contributed by atoms with Crippen LogP contribution in [0.1, 0.15) is 82.2 Å². The quantitative estimate of drug-likeness (QED) is 0.301. The Bertz CT molecular complexity index is 1800. The van der Waals surface area contributed by atoms with Crippen molar-refractivity contribution in [3.05, 3.63) is 64.6 Å². The van der Waals surface area contributed by atoms with Crippen molar-refractivity contribution in [2.24, 2.45) is 5.92 Å². The minimum absolute atomic E-state index is 0.00553. The number of aromatic nitrogens is 2. The molecule has 2 aromatic carbocycles. The number of piperidine rings is 1. The fraction of sp³-hybridized carbons (Fsp3) is 0.486. The summed E-state index contributed by atoms with van der Waals surface area (Å²) in [6, 6.07) is 8.71. The van der Waals surface area contributed by atoms with Gasteiger partial charge >= 0.3 is 6.01 Å². The summed E-state index contributed by atoms with van der Waals surface area (Å²) in [5.74, 6) is 0.0309. The lowest BCUT2D eigenvalue weighted by molar-refractivity contribution is 0.0446. The molecule has 1 aromatic heterocycles. The Morgan fingerprint density at radius 2 is 1.93 bits per heavy atom. The molecule has 0 spiro atoms. The Morgan fingerprint density at radius 3 is 2.70 bits per heavy atom. The van der Waals surface area contributed by atoms with E-state index in [4.69, 9.17) is 14.7 Å². The minimum atomic E-state index is -0.943. The number of halogens is 2. The van der Waals surface area contributed by atoms with E-state index < -0.39 is 11.4 Å². The third-order valence-corrected chi connectivity index (χ3v) is 10.5. The van der Waals surface area contributed by atoms with Crippen LogP contribution in [-0.4, -0.2) is 69.6 Å². The van der Waals surface area contributed by atoms with Crippen LogP contribution in [0.3, 0.4) is 0 Å². The van der Waals surface area contributed by atoms with Crippen molar-refractivity contribution in [1.29, 1.82) is 5.41 Å². The number of allylic oxidation sites excluding steroid dienone is 3. The van der Waals surface area contributed by atoms with Gasteiger partial charge in [-0.15, -0.1) is 0 Å². The van der Waals surface area contributed by atoms with Gasteiger partial charge in [-0.25, -0.2) is 8.78 Å². The van der Waals surface area contributed by atoms with Crippen LogP contribution in [0.15, 0.2) is 36.4 Å². The van der Waals surface area contributed by atoms with Gasteiger partial charge in [0.25, 0.3) is 0 Å². The van der Waals surface area contributed by atoms with Crippen molar-refractivity contribution < 1.29 is 18.6 Å². The summed E-state index contributed by atoms with van der Waals surface area (Å²) in [7, 11) is 0. The maximum atomic E-state index is 17.2. The normalized spacial score (nSPS) is 27.5. The number of nitrogens with one attached hydrogen (secondary N) is 1. The van der Waals surface area contributed by atoms with Gasteiger partial charge in [-0.3, -0.25) is 10.3 Å². The van der Waals surface area contributed by atoms with Crippen LogP contribution >= 0.6 is 0 Å². The van der Waals surface area contributed by atoms with Crippen molar-refractivity contribution in [1.82, 2.24) is 14.9 Å². The standard InChI is InChI=1S/C37H43F2N5O2/c1-5-24-27(38)13-12-23-10-7-11-26(28(23)24)29-31(39)33-30(25(6-2)32(29)40)34(43-16-8-14-36(4,45)20-43)42-35(41-33)46-21-37-15-9-17-44(37)19-22(3)18-37/h6-7,10-13,22,40,45H,5,8-9,14-21H2,1-4H3/b25-6-,40-32?. The number of ether oxygens (including phenoxy) is 1. The van der Waals surface area contributed by atoms with Crippen LogP contribution in [-0.2, 0) is 6.42 Å². The Morgan fingerprint density at radius 1 is 1.13 bits per heavy atom. The Labute approximate surface area is 269 Å². The summed E-state index contributed by atoms with van der Waals surface area (Å²) in [6.45, 7) is 11.2. The van der Waals surface area contributed by atoms with Gasteiger partial charge in [0.05, 0.1) is 22.4 Å². The number of fused-ring (bicyclic) bond motifs is 3. The number of aryl methyl sites for hydroxylation is 1. The summed E-state index contributed by atoms with van der Waals surface area (Å²) in [6.07, 6.45) is 6.81. The average Bonchev–Trinajstić information content (AvgIpc) is 3.55. The molecule has 4 heterocycles. The molecule has 0 radical (unpaired) electrons. The second kappa shape index (κ2) is 11.5. The lowest BCUT2D eigenvalue weighted by Crippen LogP contribution is -2.47. The lowest BCUT2D eigenvalue weighted by atomic mass is 9.81. The minimum Gasteiger partial charge on any atom is -0.461 e. The molecule has 46 heavy (non-hydrogen) atoms. The molecule has 3 fully saturated rings. The molecule has 3 unspecified atom stereocenters. The number of rotatable bonds is 6. The topological polar surface area (TPSA) is 85.6 Å². The number of aliphatic hydroxyl groups is 1. The maximum Gasteiger partial charge on any atom is 0.319 e. The van der Waals surface area contributed by atoms with Crippen LogP contribution in [0, 0.1) is 17.1 Å². The molecule has 242 valence electrons. The van der Waals surface area contributed by atoms with Gasteiger partial charge in [-0.05, 0) is 92.8 Å². The van der Waals surface area contributed by atoms with Gasteiger partial charge in [0.15, 0.2) is 5.83 Å². The van der Waals surface area contributed by atoms with Crippen molar-refractivity contribution in [2.75, 3.05) is 37.7 Å². The fourth-order valence-corrected chi connectivity index (χ4v) is 8.56. The van der Waals surface area contributed by atoms with Crippen LogP contribution in [0.25, 0.3) is 27.7 Å². The van der Waals surface area contributed by atoms with E-state index in [1.54, 1.807) is 18.2 Å². The number of β-amino-alcohol motifs (C(OH)–C–C–N with tert-alkyl or cyclic N) is 1. The predicted molar refractivity (Wildman–Crippen MR) is 180 cm³/mol. The summed E-state index contributed by atoms with van der Waals surface area (Å²) in [5.41, 5.74) is 0.998. The molecule has 3 aromatic rings. The van der Waals surface area contributed by atoms with Gasteiger partial charge < -0.3 is 14.7 Å². The number of hydrogen-bond donors (Lipinski definition) is 2. The van der Waals surface area contributed by atoms with Crippen molar-refractivity contribution in [2.45, 2.75) is 77.4 Å². The first-order valence-corrected chi connectivity index (χ1v) is 16.7. The van der Waals surface area contributed by atoms with Gasteiger partial charge in [-0.2, -0.15) is 9.97 Å². The Balaban J connectivity index is 1.42. The fourth-order valence-electron chi connectivity index (χ4n) is 8.56. The Kier molecular flexibility index (Phi) is 7.75. The molecular formula is C37H43F2N5O2. The molecule has 3 aliphatic heterocycles. The highest BCUT2D eigenvalue weighted by atomic mass is 19.1. The van der Waals surface area contributed by atoms with Crippen LogP contribution in [0.4, 0.5) is 14.6 Å². The smallest absolute Gasteiger partial charge is 0.319 e. The van der Waals surface area contributed by atoms with E-state index in [9.17, 15) is 10.5 Å². The van der Waals surface area contributed by atoms with E-state index in [1.807, 2.05) is 37.8 Å². The van der Waals surface area contributed by atoms with E-state index in [1.165, 1.54) is 6.07 Å². The molecule has 3 atom stereocenters. The second-order valence-electron chi connectivity index (χ2n) is 14.0. The van der Waals surface area contributed by atoms with Gasteiger partial charge in [0.2, 0.25) is 0 Å². The average molecular weight is 628 g/mol. The summed E-state index contributed by atoms with van der Waals surface area (Å²) >= 11 is 0. The first kappa shape index (κ1) is 30.9. The third kappa shape index (κ3) is 5.03. The highest BCUT2D eigenvalue weighted by Crippen LogP contribution is 2.47. The number of benzene rings is 2. The molecule has 7 rings (SSSR count). The maximum absolute atomic E-state index is 17.2. The van der Waals surface area contributed by atoms with Crippen LogP contribution in [0.2, 0.25) is 0 Å². The zero-order valence-electron chi connectivity index (χ0n) is 27.2. The molecule has 0 saturated carbocycles. The van der Waals surface area contributed by atoms with Crippen molar-refractivity contribution >= 4 is 39.3 Å². The Hall–Kier alpha value is -3.69. The van der Waals surface area contributed by atoms with E-state index in [2.05, 4.69) is 11.8 Å². The van der Waals surface area contributed by atoms with Gasteiger partial charge in [-0.1, -0.05) is 44.2 Å². The zero-order chi connectivity index (χ0) is 32.4. The molecule has 2 N–H and O–H groups in total. The first-order chi connectivity index (χ1) is 22.1. The van der Waals surface area contributed by atoms with E-state index >= 15 is 8.78 Å². The first-order valence-electron chi connectivity index (χ1n) is 16.7. The molecule has 0 amide bonds. The number of nitrogens with zero attached hydrogens (tertiary/aromatic N) is 4. The highest BCUT2D eigenvalue weighted by molar-refractivity contribution is 6.50. The molecule has 3 saturated heterocycles. The lowest BCUT2D eigenvalue weighted by Gasteiger charge is -2.39. The highest BCUT2D eigenvalue weighted by Gasteiger charge is 2.48. The SMILES string of the molecule is C/C=C1\C(=N)C(c2cccc3ccc(F)c(CC)c23)=C(F)c2nc(OCC34CCCN3CC(C)C4)nc(N3CCCC(C)(O)C3)c21. The molecule has 0 bridgehead atoms. The second-order valence-corrected chi connectivity index (χ2v) is 14.0. The van der Waals surface area contributed by atoms with E-state index in [-0.39, 0.29) is 34.3 Å². The molecule has 4 aliphatic rings. The monoisotopic (exact) mass is 627 g/mol. The molecule has 9 heteroatoms. The predicted octanol–water partition coefficient (Wildman–Crippen LogP) is 7.21. The number of anilines is 1. The summed E-state index contributed by atoms with van der Waals surface area (Å²) in [5, 5.41) is 21.8. The van der Waals surface area contributed by atoms with Gasteiger partial charge in [0, 0.05) is 30.8 Å². The van der Waals surface area contributed by atoms with Gasteiger partial charge in [0.1, 0.15) is 23.9 Å². The van der Waals surface area contributed by atoms with Crippen molar-refractivity contribution in [3.8, 4) is 6.01 Å². The van der Waals surface area contributed by atoms with Crippen LogP contribution < -0.4 is 9.64 Å². The van der Waals surface area contributed by atoms with Crippen LogP contribution in [0.5, 0.6) is 6.01 Å². The zero-order valence-corrected chi connectivity index (χ0v) is 27.2. The summed E-state index contributed by atoms with van der Waals surface area (Å²) in [4.78, 5) is 14.1. The van der Waals surface area contributed by atoms with Crippen molar-refractivity contribution in [3.63, 3.8) is 0 Å². The summed E-state index contributed by atoms with van der Waals surface area (Å²) < 4.78 is 38.8. The third-order valence-electron chi connectivity index (χ3n) is 10.5. The molecule has 7 nitrogen and oxygen atoms in total.